The lowest BCUT2D eigenvalue weighted by atomic mass is 10.2. The van der Waals surface area contributed by atoms with Gasteiger partial charge in [0.2, 0.25) is 0 Å². The number of aromatic nitrogens is 1. The average molecular weight is 359 g/mol. The molecule has 0 amide bonds. The maximum atomic E-state index is 4.32. The summed E-state index contributed by atoms with van der Waals surface area (Å²) in [4.78, 5) is 4.32. The molecule has 0 atom stereocenters. The van der Waals surface area contributed by atoms with Crippen LogP contribution in [0.2, 0.25) is 0 Å². The minimum atomic E-state index is 0.927. The van der Waals surface area contributed by atoms with Crippen LogP contribution in [-0.2, 0) is 5.75 Å². The molecule has 0 N–H and O–H groups in total. The lowest BCUT2D eigenvalue weighted by Crippen LogP contribution is -1.84. The lowest BCUT2D eigenvalue weighted by molar-refractivity contribution is 1.12. The van der Waals surface area contributed by atoms with Gasteiger partial charge in [0.1, 0.15) is 0 Å². The summed E-state index contributed by atoms with van der Waals surface area (Å²) in [6.45, 7) is 0. The fourth-order valence-corrected chi connectivity index (χ4v) is 2.91. The van der Waals surface area contributed by atoms with Crippen molar-refractivity contribution in [3.8, 4) is 0 Å². The average Bonchev–Trinajstić information content (AvgIpc) is 2.30. The third-order valence-electron chi connectivity index (χ3n) is 2.03. The highest BCUT2D eigenvalue weighted by Gasteiger charge is 2.00. The molecule has 0 saturated heterocycles. The number of nitrogens with zero attached hydrogens (tertiary/aromatic N) is 1. The maximum absolute atomic E-state index is 4.32. The highest BCUT2D eigenvalue weighted by molar-refractivity contribution is 9.10. The van der Waals surface area contributed by atoms with Crippen molar-refractivity contribution in [2.45, 2.75) is 10.8 Å². The molecule has 2 rings (SSSR count). The van der Waals surface area contributed by atoms with Crippen LogP contribution in [0.25, 0.3) is 0 Å². The van der Waals surface area contributed by atoms with E-state index >= 15 is 0 Å². The van der Waals surface area contributed by atoms with Gasteiger partial charge in [0.05, 0.1) is 5.03 Å². The zero-order valence-electron chi connectivity index (χ0n) is 8.36. The summed E-state index contributed by atoms with van der Waals surface area (Å²) in [6.07, 6.45) is 1.82. The fraction of sp³-hybridized carbons (Fsp3) is 0.0833. The molecular formula is C12H9Br2NS. The summed E-state index contributed by atoms with van der Waals surface area (Å²) in [5, 5.41) is 1.04. The number of halogens is 2. The van der Waals surface area contributed by atoms with Crippen molar-refractivity contribution in [2.75, 3.05) is 0 Å². The number of hydrogen-bond donors (Lipinski definition) is 0. The number of benzene rings is 1. The predicted octanol–water partition coefficient (Wildman–Crippen LogP) is 4.90. The molecular weight excluding hydrogens is 350 g/mol. The Labute approximate surface area is 116 Å². The van der Waals surface area contributed by atoms with Gasteiger partial charge in [-0.1, -0.05) is 34.1 Å². The number of rotatable bonds is 3. The predicted molar refractivity (Wildman–Crippen MR) is 75.6 cm³/mol. The quantitative estimate of drug-likeness (QED) is 0.724. The molecule has 0 spiro atoms. The van der Waals surface area contributed by atoms with Gasteiger partial charge < -0.3 is 0 Å². The second-order valence-electron chi connectivity index (χ2n) is 3.19. The first kappa shape index (κ1) is 12.1. The second-order valence-corrected chi connectivity index (χ2v) is 5.96. The number of hydrogen-bond acceptors (Lipinski definition) is 2. The summed E-state index contributed by atoms with van der Waals surface area (Å²) in [6, 6.07) is 12.3. The van der Waals surface area contributed by atoms with Gasteiger partial charge in [-0.15, -0.1) is 11.8 Å². The Hall–Kier alpha value is -0.320. The molecule has 1 nitrogen and oxygen atoms in total. The summed E-state index contributed by atoms with van der Waals surface area (Å²) < 4.78 is 2.16. The molecule has 16 heavy (non-hydrogen) atoms. The number of pyridine rings is 1. The minimum absolute atomic E-state index is 0.927. The first-order valence-corrected chi connectivity index (χ1v) is 7.30. The van der Waals surface area contributed by atoms with Gasteiger partial charge in [-0.2, -0.15) is 0 Å². The van der Waals surface area contributed by atoms with E-state index in [0.29, 0.717) is 0 Å². The van der Waals surface area contributed by atoms with E-state index in [-0.39, 0.29) is 0 Å². The molecule has 0 unspecified atom stereocenters. The van der Waals surface area contributed by atoms with Crippen LogP contribution >= 0.6 is 43.6 Å². The largest absolute Gasteiger partial charge is 0.249 e. The van der Waals surface area contributed by atoms with Gasteiger partial charge in [-0.3, -0.25) is 0 Å². The van der Waals surface area contributed by atoms with E-state index in [2.05, 4.69) is 55.0 Å². The minimum Gasteiger partial charge on any atom is -0.249 e. The third kappa shape index (κ3) is 3.34. The van der Waals surface area contributed by atoms with Crippen molar-refractivity contribution >= 4 is 43.6 Å². The molecule has 0 radical (unpaired) electrons. The Bertz CT molecular complexity index is 471. The molecule has 0 bridgehead atoms. The Balaban J connectivity index is 2.02. The van der Waals surface area contributed by atoms with Gasteiger partial charge in [0.25, 0.3) is 0 Å². The number of thioether (sulfide) groups is 1. The molecule has 1 aromatic carbocycles. The van der Waals surface area contributed by atoms with Gasteiger partial charge in [-0.05, 0) is 39.7 Å². The van der Waals surface area contributed by atoms with E-state index in [0.717, 1.165) is 19.7 Å². The van der Waals surface area contributed by atoms with Crippen LogP contribution < -0.4 is 0 Å². The molecule has 2 aromatic rings. The van der Waals surface area contributed by atoms with Gasteiger partial charge in [0, 0.05) is 20.9 Å². The van der Waals surface area contributed by atoms with E-state index in [1.54, 1.807) is 11.8 Å². The van der Waals surface area contributed by atoms with Crippen LogP contribution in [0.15, 0.2) is 56.6 Å². The van der Waals surface area contributed by atoms with Crippen LogP contribution in [0.3, 0.4) is 0 Å². The van der Waals surface area contributed by atoms with Crippen molar-refractivity contribution in [3.63, 3.8) is 0 Å². The Morgan fingerprint density at radius 3 is 2.56 bits per heavy atom. The van der Waals surface area contributed by atoms with Crippen molar-refractivity contribution in [2.24, 2.45) is 0 Å². The standard InChI is InChI=1S/C12H9Br2NS/c13-10-5-6-12(15-7-10)16-8-9-3-1-2-4-11(9)14/h1-7H,8H2. The summed E-state index contributed by atoms with van der Waals surface area (Å²) in [5.74, 6) is 0.927. The van der Waals surface area contributed by atoms with Crippen LogP contribution in [0, 0.1) is 0 Å². The molecule has 0 fully saturated rings. The molecule has 1 aromatic heterocycles. The molecule has 82 valence electrons. The van der Waals surface area contributed by atoms with Crippen molar-refractivity contribution in [1.82, 2.24) is 4.98 Å². The monoisotopic (exact) mass is 357 g/mol. The van der Waals surface area contributed by atoms with Crippen LogP contribution in [0.1, 0.15) is 5.56 Å². The zero-order chi connectivity index (χ0) is 11.4. The first-order chi connectivity index (χ1) is 7.75. The summed E-state index contributed by atoms with van der Waals surface area (Å²) in [7, 11) is 0. The van der Waals surface area contributed by atoms with E-state index in [1.165, 1.54) is 5.56 Å². The van der Waals surface area contributed by atoms with Crippen molar-refractivity contribution in [3.05, 3.63) is 57.1 Å². The smallest absolute Gasteiger partial charge is 0.0963 e. The molecule has 0 saturated carbocycles. The zero-order valence-corrected chi connectivity index (χ0v) is 12.3. The van der Waals surface area contributed by atoms with E-state index < -0.39 is 0 Å². The Kier molecular flexibility index (Phi) is 4.44. The van der Waals surface area contributed by atoms with Gasteiger partial charge >= 0.3 is 0 Å². The van der Waals surface area contributed by atoms with Gasteiger partial charge in [-0.25, -0.2) is 4.98 Å². The molecule has 0 aliphatic rings. The molecule has 0 aliphatic carbocycles. The van der Waals surface area contributed by atoms with Crippen LogP contribution in [0.5, 0.6) is 0 Å². The lowest BCUT2D eigenvalue weighted by Gasteiger charge is -2.03. The van der Waals surface area contributed by atoms with E-state index in [1.807, 2.05) is 24.4 Å². The normalized spacial score (nSPS) is 10.4. The highest BCUT2D eigenvalue weighted by atomic mass is 79.9. The van der Waals surface area contributed by atoms with E-state index in [9.17, 15) is 0 Å². The summed E-state index contributed by atoms with van der Waals surface area (Å²) in [5.41, 5.74) is 1.29. The molecule has 1 heterocycles. The highest BCUT2D eigenvalue weighted by Crippen LogP contribution is 2.26. The first-order valence-electron chi connectivity index (χ1n) is 4.73. The third-order valence-corrected chi connectivity index (χ3v) is 4.27. The van der Waals surface area contributed by atoms with Crippen LogP contribution in [0.4, 0.5) is 0 Å². The van der Waals surface area contributed by atoms with Crippen molar-refractivity contribution in [1.29, 1.82) is 0 Å². The maximum Gasteiger partial charge on any atom is 0.0963 e. The Morgan fingerprint density at radius 2 is 1.88 bits per heavy atom. The topological polar surface area (TPSA) is 12.9 Å². The second kappa shape index (κ2) is 5.84. The van der Waals surface area contributed by atoms with Crippen LogP contribution in [-0.4, -0.2) is 4.98 Å². The van der Waals surface area contributed by atoms with E-state index in [4.69, 9.17) is 0 Å². The molecule has 4 heteroatoms. The summed E-state index contributed by atoms with van der Waals surface area (Å²) >= 11 is 8.65. The van der Waals surface area contributed by atoms with Crippen molar-refractivity contribution < 1.29 is 0 Å². The SMILES string of the molecule is Brc1ccc(SCc2ccccc2Br)nc1. The van der Waals surface area contributed by atoms with Gasteiger partial charge in [0.15, 0.2) is 0 Å². The molecule has 0 aliphatic heterocycles. The Morgan fingerprint density at radius 1 is 1.06 bits per heavy atom. The fourth-order valence-electron chi connectivity index (χ4n) is 1.21.